The van der Waals surface area contributed by atoms with Crippen LogP contribution in [0.5, 0.6) is 5.75 Å². The van der Waals surface area contributed by atoms with Gasteiger partial charge >= 0.3 is 0 Å². The fraction of sp³-hybridized carbons (Fsp3) is 0.158. The molecule has 0 atom stereocenters. The Hall–Kier alpha value is -3.66. The Morgan fingerprint density at radius 2 is 2.08 bits per heavy atom. The molecule has 0 saturated heterocycles. The SMILES string of the molecule is C/C(=N/NC(=O)c1c(C)nc2ccccn12)c1ccc(OCC#N)cc1. The van der Waals surface area contributed by atoms with Crippen molar-refractivity contribution >= 4 is 17.3 Å². The lowest BCUT2D eigenvalue weighted by Crippen LogP contribution is -2.21. The molecule has 0 spiro atoms. The largest absolute Gasteiger partial charge is 0.479 e. The lowest BCUT2D eigenvalue weighted by atomic mass is 10.1. The third-order valence-corrected chi connectivity index (χ3v) is 3.82. The molecule has 0 bridgehead atoms. The molecule has 130 valence electrons. The number of aromatic nitrogens is 2. The normalized spacial score (nSPS) is 11.2. The number of carbonyl (C=O) groups is 1. The van der Waals surface area contributed by atoms with E-state index < -0.39 is 0 Å². The zero-order chi connectivity index (χ0) is 18.5. The van der Waals surface area contributed by atoms with Crippen LogP contribution < -0.4 is 10.2 Å². The van der Waals surface area contributed by atoms with E-state index in [1.165, 1.54) is 0 Å². The Labute approximate surface area is 150 Å². The van der Waals surface area contributed by atoms with Gasteiger partial charge in [0.1, 0.15) is 23.2 Å². The summed E-state index contributed by atoms with van der Waals surface area (Å²) in [5, 5.41) is 12.7. The van der Waals surface area contributed by atoms with Gasteiger partial charge in [-0.2, -0.15) is 10.4 Å². The number of aryl methyl sites for hydroxylation is 1. The standard InChI is InChI=1S/C19H17N5O2/c1-13(15-6-8-16(9-7-15)26-12-10-20)22-23-19(25)18-14(2)21-17-5-3-4-11-24(17)18/h3-9,11H,12H2,1-2H3,(H,23,25)/b22-13-. The summed E-state index contributed by atoms with van der Waals surface area (Å²) in [6.45, 7) is 3.59. The summed E-state index contributed by atoms with van der Waals surface area (Å²) in [5.41, 5.74) is 5.87. The third kappa shape index (κ3) is 3.54. The summed E-state index contributed by atoms with van der Waals surface area (Å²) in [4.78, 5) is 16.9. The number of benzene rings is 1. The monoisotopic (exact) mass is 347 g/mol. The molecule has 0 aliphatic heterocycles. The number of nitriles is 1. The number of hydrazone groups is 1. The Balaban J connectivity index is 1.75. The van der Waals surface area contributed by atoms with Gasteiger partial charge < -0.3 is 4.74 Å². The molecule has 1 aromatic carbocycles. The number of imidazole rings is 1. The van der Waals surface area contributed by atoms with E-state index in [-0.39, 0.29) is 12.5 Å². The van der Waals surface area contributed by atoms with E-state index in [2.05, 4.69) is 15.5 Å². The number of nitrogens with one attached hydrogen (secondary N) is 1. The number of rotatable bonds is 5. The molecule has 7 heteroatoms. The highest BCUT2D eigenvalue weighted by Gasteiger charge is 2.15. The van der Waals surface area contributed by atoms with Crippen molar-refractivity contribution in [2.24, 2.45) is 5.10 Å². The summed E-state index contributed by atoms with van der Waals surface area (Å²) in [6.07, 6.45) is 1.79. The van der Waals surface area contributed by atoms with E-state index in [1.54, 1.807) is 36.6 Å². The van der Waals surface area contributed by atoms with Crippen molar-refractivity contribution in [3.8, 4) is 11.8 Å². The van der Waals surface area contributed by atoms with Crippen LogP contribution in [0.25, 0.3) is 5.65 Å². The van der Waals surface area contributed by atoms with Crippen molar-refractivity contribution in [2.75, 3.05) is 6.61 Å². The number of ether oxygens (including phenoxy) is 1. The van der Waals surface area contributed by atoms with E-state index >= 15 is 0 Å². The van der Waals surface area contributed by atoms with Crippen molar-refractivity contribution in [3.63, 3.8) is 0 Å². The summed E-state index contributed by atoms with van der Waals surface area (Å²) < 4.78 is 6.94. The number of hydrogen-bond donors (Lipinski definition) is 1. The summed E-state index contributed by atoms with van der Waals surface area (Å²) in [7, 11) is 0. The summed E-state index contributed by atoms with van der Waals surface area (Å²) in [5.74, 6) is 0.281. The predicted octanol–water partition coefficient (Wildman–Crippen LogP) is 2.70. The molecular formula is C19H17N5O2. The maximum Gasteiger partial charge on any atom is 0.290 e. The second kappa shape index (κ2) is 7.49. The Morgan fingerprint density at radius 1 is 1.31 bits per heavy atom. The maximum atomic E-state index is 12.5. The molecule has 0 aliphatic rings. The zero-order valence-corrected chi connectivity index (χ0v) is 14.4. The van der Waals surface area contributed by atoms with Crippen molar-refractivity contribution in [1.29, 1.82) is 5.26 Å². The van der Waals surface area contributed by atoms with Gasteiger partial charge in [-0.1, -0.05) is 6.07 Å². The lowest BCUT2D eigenvalue weighted by Gasteiger charge is -2.05. The van der Waals surface area contributed by atoms with E-state index in [0.717, 1.165) is 5.56 Å². The quantitative estimate of drug-likeness (QED) is 0.567. The smallest absolute Gasteiger partial charge is 0.290 e. The highest BCUT2D eigenvalue weighted by atomic mass is 16.5. The van der Waals surface area contributed by atoms with Gasteiger partial charge in [-0.15, -0.1) is 0 Å². The Kier molecular flexibility index (Phi) is 4.94. The first-order chi connectivity index (χ1) is 12.6. The van der Waals surface area contributed by atoms with Gasteiger partial charge in [-0.3, -0.25) is 9.20 Å². The number of carbonyl (C=O) groups excluding carboxylic acids is 1. The van der Waals surface area contributed by atoms with Crippen molar-refractivity contribution in [3.05, 3.63) is 65.6 Å². The maximum absolute atomic E-state index is 12.5. The first kappa shape index (κ1) is 17.2. The van der Waals surface area contributed by atoms with Gasteiger partial charge in [0.15, 0.2) is 6.61 Å². The van der Waals surface area contributed by atoms with E-state index in [4.69, 9.17) is 10.00 Å². The van der Waals surface area contributed by atoms with E-state index in [1.807, 2.05) is 36.4 Å². The molecule has 0 fully saturated rings. The van der Waals surface area contributed by atoms with Crippen LogP contribution >= 0.6 is 0 Å². The molecule has 1 amide bonds. The van der Waals surface area contributed by atoms with Crippen LogP contribution in [0.1, 0.15) is 28.7 Å². The van der Waals surface area contributed by atoms with Gasteiger partial charge in [0.2, 0.25) is 0 Å². The number of fused-ring (bicyclic) bond motifs is 1. The topological polar surface area (TPSA) is 91.8 Å². The van der Waals surface area contributed by atoms with Gasteiger partial charge in [0, 0.05) is 6.20 Å². The molecule has 0 unspecified atom stereocenters. The van der Waals surface area contributed by atoms with Crippen LogP contribution in [0.4, 0.5) is 0 Å². The average Bonchev–Trinajstić information content (AvgIpc) is 3.00. The molecule has 2 aromatic heterocycles. The number of hydrogen-bond acceptors (Lipinski definition) is 5. The van der Waals surface area contributed by atoms with Gasteiger partial charge in [-0.05, 0) is 55.8 Å². The van der Waals surface area contributed by atoms with E-state index in [9.17, 15) is 4.79 Å². The van der Waals surface area contributed by atoms with Gasteiger partial charge in [0.05, 0.1) is 11.4 Å². The zero-order valence-electron chi connectivity index (χ0n) is 14.4. The minimum atomic E-state index is -0.325. The lowest BCUT2D eigenvalue weighted by molar-refractivity contribution is 0.0948. The first-order valence-corrected chi connectivity index (χ1v) is 7.98. The van der Waals surface area contributed by atoms with Crippen molar-refractivity contribution < 1.29 is 9.53 Å². The molecule has 3 rings (SSSR count). The number of amides is 1. The minimum absolute atomic E-state index is 0.00112. The van der Waals surface area contributed by atoms with Crippen LogP contribution in [0, 0.1) is 18.3 Å². The second-order valence-corrected chi connectivity index (χ2v) is 5.58. The average molecular weight is 347 g/mol. The molecule has 26 heavy (non-hydrogen) atoms. The second-order valence-electron chi connectivity index (χ2n) is 5.58. The molecule has 0 aliphatic carbocycles. The molecule has 0 radical (unpaired) electrons. The van der Waals surface area contributed by atoms with Gasteiger partial charge in [-0.25, -0.2) is 10.4 Å². The molecule has 2 heterocycles. The molecule has 3 aromatic rings. The minimum Gasteiger partial charge on any atom is -0.479 e. The van der Waals surface area contributed by atoms with Crippen LogP contribution in [0.15, 0.2) is 53.8 Å². The van der Waals surface area contributed by atoms with E-state index in [0.29, 0.717) is 28.5 Å². The highest BCUT2D eigenvalue weighted by Crippen LogP contribution is 2.13. The molecule has 1 N–H and O–H groups in total. The van der Waals surface area contributed by atoms with Crippen LogP contribution in [-0.4, -0.2) is 27.6 Å². The van der Waals surface area contributed by atoms with Crippen LogP contribution in [0.2, 0.25) is 0 Å². The number of nitrogens with zero attached hydrogens (tertiary/aromatic N) is 4. The fourth-order valence-electron chi connectivity index (χ4n) is 2.55. The first-order valence-electron chi connectivity index (χ1n) is 7.98. The molecule has 7 nitrogen and oxygen atoms in total. The van der Waals surface area contributed by atoms with Gasteiger partial charge in [0.25, 0.3) is 5.91 Å². The van der Waals surface area contributed by atoms with Crippen molar-refractivity contribution in [2.45, 2.75) is 13.8 Å². The predicted molar refractivity (Wildman–Crippen MR) is 97.2 cm³/mol. The summed E-state index contributed by atoms with van der Waals surface area (Å²) >= 11 is 0. The number of pyridine rings is 1. The Morgan fingerprint density at radius 3 is 2.81 bits per heavy atom. The van der Waals surface area contributed by atoms with Crippen LogP contribution in [0.3, 0.4) is 0 Å². The van der Waals surface area contributed by atoms with Crippen molar-refractivity contribution in [1.82, 2.24) is 14.8 Å². The fourth-order valence-corrected chi connectivity index (χ4v) is 2.55. The molecule has 0 saturated carbocycles. The molecular weight excluding hydrogens is 330 g/mol. The summed E-state index contributed by atoms with van der Waals surface area (Å²) in [6, 6.07) is 14.6. The Bertz CT molecular complexity index is 1010. The highest BCUT2D eigenvalue weighted by molar-refractivity contribution is 6.01. The third-order valence-electron chi connectivity index (χ3n) is 3.82. The van der Waals surface area contributed by atoms with Crippen LogP contribution in [-0.2, 0) is 0 Å².